The van der Waals surface area contributed by atoms with Gasteiger partial charge in [-0.25, -0.2) is 0 Å². The number of likely N-dealkylation sites (N-methyl/N-ethyl adjacent to an activating group) is 1. The Kier molecular flexibility index (Phi) is 4.09. The Morgan fingerprint density at radius 1 is 1.56 bits per heavy atom. The minimum Gasteiger partial charge on any atom is -0.314 e. The summed E-state index contributed by atoms with van der Waals surface area (Å²) in [5.74, 6) is 0.634. The third kappa shape index (κ3) is 3.05. The van der Waals surface area contributed by atoms with Crippen molar-refractivity contribution in [3.63, 3.8) is 0 Å². The molecule has 2 nitrogen and oxygen atoms in total. The van der Waals surface area contributed by atoms with Crippen LogP contribution in [0.3, 0.4) is 0 Å². The number of rotatable bonds is 3. The molecule has 0 spiro atoms. The van der Waals surface area contributed by atoms with Gasteiger partial charge in [-0.2, -0.15) is 0 Å². The Morgan fingerprint density at radius 3 is 2.69 bits per heavy atom. The molecule has 0 fully saturated rings. The van der Waals surface area contributed by atoms with Crippen LogP contribution in [0, 0.1) is 11.3 Å². The predicted octanol–water partition coefficient (Wildman–Crippen LogP) is 2.71. The van der Waals surface area contributed by atoms with Crippen LogP contribution in [0.4, 0.5) is 0 Å². The summed E-state index contributed by atoms with van der Waals surface area (Å²) < 4.78 is 0. The lowest BCUT2D eigenvalue weighted by molar-refractivity contribution is -0.117. The van der Waals surface area contributed by atoms with Crippen LogP contribution < -0.4 is 5.32 Å². The van der Waals surface area contributed by atoms with Gasteiger partial charge in [0.1, 0.15) is 0 Å². The number of carbonyl (C=O) groups is 1. The normalized spacial score (nSPS) is 26.9. The van der Waals surface area contributed by atoms with Gasteiger partial charge < -0.3 is 5.32 Å². The molecule has 0 radical (unpaired) electrons. The Hall–Kier alpha value is -0.890. The summed E-state index contributed by atoms with van der Waals surface area (Å²) in [7, 11) is 1.95. The van der Waals surface area contributed by atoms with Gasteiger partial charge in [0.15, 0.2) is 5.78 Å². The molecule has 1 rings (SSSR count). The monoisotopic (exact) mass is 221 g/mol. The van der Waals surface area contributed by atoms with Crippen molar-refractivity contribution in [2.75, 3.05) is 7.05 Å². The first-order valence-corrected chi connectivity index (χ1v) is 5.93. The molecule has 0 heterocycles. The second-order valence-corrected chi connectivity index (χ2v) is 5.46. The molecule has 0 aromatic heterocycles. The minimum absolute atomic E-state index is 0.0415. The van der Waals surface area contributed by atoms with E-state index in [2.05, 4.69) is 45.2 Å². The molecule has 2 heteroatoms. The van der Waals surface area contributed by atoms with Crippen molar-refractivity contribution < 1.29 is 4.79 Å². The molecule has 1 aliphatic rings. The summed E-state index contributed by atoms with van der Waals surface area (Å²) in [5.41, 5.74) is 1.22. The lowest BCUT2D eigenvalue weighted by atomic mass is 9.68. The van der Waals surface area contributed by atoms with Gasteiger partial charge in [-0.15, -0.1) is 0 Å². The molecule has 1 aliphatic carbocycles. The number of nitrogens with one attached hydrogen (secondary N) is 1. The van der Waals surface area contributed by atoms with Gasteiger partial charge in [0.2, 0.25) is 0 Å². The van der Waals surface area contributed by atoms with Crippen molar-refractivity contribution in [2.24, 2.45) is 11.3 Å². The summed E-state index contributed by atoms with van der Waals surface area (Å²) in [4.78, 5) is 11.5. The highest BCUT2D eigenvalue weighted by Crippen LogP contribution is 2.40. The summed E-state index contributed by atoms with van der Waals surface area (Å²) in [6, 6.07) is 0.376. The van der Waals surface area contributed by atoms with Crippen LogP contribution in [-0.4, -0.2) is 18.9 Å². The zero-order chi connectivity index (χ0) is 12.3. The maximum Gasteiger partial charge on any atom is 0.156 e. The average molecular weight is 221 g/mol. The van der Waals surface area contributed by atoms with E-state index in [4.69, 9.17) is 0 Å². The standard InChI is InChI=1S/C14H23NO/c1-10-8-12(16)9-14(3,4)13(10)7-6-11(2)15-5/h6-8,11,13,15H,9H2,1-5H3/b7-6+/t11-,13+/m0/s1. The Morgan fingerprint density at radius 2 is 2.19 bits per heavy atom. The van der Waals surface area contributed by atoms with E-state index < -0.39 is 0 Å². The minimum atomic E-state index is 0.0415. The molecule has 1 N–H and O–H groups in total. The SMILES string of the molecule is CN[C@@H](C)/C=C/[C@@H]1C(C)=CC(=O)CC1(C)C. The molecular formula is C14H23NO. The number of carbonyl (C=O) groups excluding carboxylic acids is 1. The van der Waals surface area contributed by atoms with Crippen molar-refractivity contribution in [1.82, 2.24) is 5.32 Å². The highest BCUT2D eigenvalue weighted by Gasteiger charge is 2.34. The Labute approximate surface area is 98.8 Å². The molecule has 0 amide bonds. The summed E-state index contributed by atoms with van der Waals surface area (Å²) in [6.07, 6.45) is 6.86. The van der Waals surface area contributed by atoms with Gasteiger partial charge in [0.25, 0.3) is 0 Å². The fourth-order valence-corrected chi connectivity index (χ4v) is 2.36. The summed E-state index contributed by atoms with van der Waals surface area (Å²) in [5, 5.41) is 3.18. The summed E-state index contributed by atoms with van der Waals surface area (Å²) >= 11 is 0. The molecular weight excluding hydrogens is 198 g/mol. The van der Waals surface area contributed by atoms with Gasteiger partial charge in [-0.3, -0.25) is 4.79 Å². The smallest absolute Gasteiger partial charge is 0.156 e. The lowest BCUT2D eigenvalue weighted by Gasteiger charge is -2.36. The van der Waals surface area contributed by atoms with Crippen LogP contribution in [0.5, 0.6) is 0 Å². The maximum atomic E-state index is 11.5. The average Bonchev–Trinajstić information content (AvgIpc) is 2.14. The number of allylic oxidation sites excluding steroid dienone is 3. The van der Waals surface area contributed by atoms with Crippen molar-refractivity contribution in [3.8, 4) is 0 Å². The fourth-order valence-electron chi connectivity index (χ4n) is 2.36. The van der Waals surface area contributed by atoms with Gasteiger partial charge in [-0.1, -0.05) is 31.6 Å². The van der Waals surface area contributed by atoms with E-state index in [0.29, 0.717) is 18.4 Å². The Balaban J connectivity index is 2.88. The number of ketones is 1. The number of hydrogen-bond donors (Lipinski definition) is 1. The van der Waals surface area contributed by atoms with E-state index in [1.807, 2.05) is 7.05 Å². The second kappa shape index (κ2) is 4.96. The summed E-state index contributed by atoms with van der Waals surface area (Å²) in [6.45, 7) is 8.51. The molecule has 0 aromatic carbocycles. The van der Waals surface area contributed by atoms with E-state index in [9.17, 15) is 4.79 Å². The van der Waals surface area contributed by atoms with Crippen molar-refractivity contribution >= 4 is 5.78 Å². The number of hydrogen-bond acceptors (Lipinski definition) is 2. The molecule has 90 valence electrons. The van der Waals surface area contributed by atoms with Crippen LogP contribution in [0.1, 0.15) is 34.1 Å². The van der Waals surface area contributed by atoms with Gasteiger partial charge in [-0.05, 0) is 32.4 Å². The maximum absolute atomic E-state index is 11.5. The van der Waals surface area contributed by atoms with Crippen molar-refractivity contribution in [3.05, 3.63) is 23.8 Å². The predicted molar refractivity (Wildman–Crippen MR) is 68.3 cm³/mol. The quantitative estimate of drug-likeness (QED) is 0.742. The highest BCUT2D eigenvalue weighted by molar-refractivity contribution is 5.92. The first kappa shape index (κ1) is 13.2. The molecule has 16 heavy (non-hydrogen) atoms. The van der Waals surface area contributed by atoms with E-state index >= 15 is 0 Å². The zero-order valence-corrected chi connectivity index (χ0v) is 11.0. The van der Waals surface area contributed by atoms with E-state index in [-0.39, 0.29) is 11.2 Å². The Bertz CT molecular complexity index is 326. The molecule has 0 unspecified atom stereocenters. The van der Waals surface area contributed by atoms with Crippen molar-refractivity contribution in [2.45, 2.75) is 40.2 Å². The van der Waals surface area contributed by atoms with Crippen molar-refractivity contribution in [1.29, 1.82) is 0 Å². The van der Waals surface area contributed by atoms with Crippen LogP contribution in [-0.2, 0) is 4.79 Å². The van der Waals surface area contributed by atoms with Gasteiger partial charge in [0.05, 0.1) is 0 Å². The topological polar surface area (TPSA) is 29.1 Å². The fraction of sp³-hybridized carbons (Fsp3) is 0.643. The first-order valence-electron chi connectivity index (χ1n) is 5.93. The molecule has 2 atom stereocenters. The molecule has 0 saturated heterocycles. The van der Waals surface area contributed by atoms with Gasteiger partial charge in [0, 0.05) is 18.4 Å². The molecule has 0 aromatic rings. The highest BCUT2D eigenvalue weighted by atomic mass is 16.1. The van der Waals surface area contributed by atoms with Crippen LogP contribution in [0.2, 0.25) is 0 Å². The van der Waals surface area contributed by atoms with Crippen LogP contribution in [0.15, 0.2) is 23.8 Å². The molecule has 0 bridgehead atoms. The molecule has 0 saturated carbocycles. The molecule has 0 aliphatic heterocycles. The zero-order valence-electron chi connectivity index (χ0n) is 11.0. The van der Waals surface area contributed by atoms with Crippen LogP contribution in [0.25, 0.3) is 0 Å². The lowest BCUT2D eigenvalue weighted by Crippen LogP contribution is -2.31. The van der Waals surface area contributed by atoms with E-state index in [1.165, 1.54) is 5.57 Å². The third-order valence-corrected chi connectivity index (χ3v) is 3.40. The van der Waals surface area contributed by atoms with Crippen LogP contribution >= 0.6 is 0 Å². The first-order chi connectivity index (χ1) is 7.36. The largest absolute Gasteiger partial charge is 0.314 e. The van der Waals surface area contributed by atoms with E-state index in [0.717, 1.165) is 0 Å². The van der Waals surface area contributed by atoms with Gasteiger partial charge >= 0.3 is 0 Å². The van der Waals surface area contributed by atoms with E-state index in [1.54, 1.807) is 6.08 Å². The third-order valence-electron chi connectivity index (χ3n) is 3.40. The second-order valence-electron chi connectivity index (χ2n) is 5.46.